The van der Waals surface area contributed by atoms with Gasteiger partial charge in [0.05, 0.1) is 0 Å². The molecule has 1 atom stereocenters. The van der Waals surface area contributed by atoms with Crippen molar-refractivity contribution in [3.63, 3.8) is 0 Å². The van der Waals surface area contributed by atoms with Crippen LogP contribution in [0.2, 0.25) is 0 Å². The van der Waals surface area contributed by atoms with Crippen LogP contribution in [-0.2, 0) is 24.2 Å². The summed E-state index contributed by atoms with van der Waals surface area (Å²) in [6.45, 7) is 10.9. The van der Waals surface area contributed by atoms with Crippen LogP contribution in [0.5, 0.6) is 5.75 Å². The third kappa shape index (κ3) is 5.10. The Morgan fingerprint density at radius 1 is 0.962 bits per heavy atom. The molecule has 0 aliphatic carbocycles. The monoisotopic (exact) mass is 353 g/mol. The Morgan fingerprint density at radius 3 is 2.35 bits per heavy atom. The van der Waals surface area contributed by atoms with Crippen LogP contribution in [0.15, 0.2) is 36.4 Å². The van der Waals surface area contributed by atoms with Gasteiger partial charge < -0.3 is 10.1 Å². The van der Waals surface area contributed by atoms with Crippen LogP contribution >= 0.6 is 0 Å². The van der Waals surface area contributed by atoms with Gasteiger partial charge in [0.2, 0.25) is 0 Å². The van der Waals surface area contributed by atoms with Crippen LogP contribution in [0, 0.1) is 13.8 Å². The van der Waals surface area contributed by atoms with Crippen LogP contribution in [-0.4, -0.2) is 12.0 Å². The molecule has 3 nitrogen and oxygen atoms in total. The minimum atomic E-state index is -0.475. The summed E-state index contributed by atoms with van der Waals surface area (Å²) in [5.41, 5.74) is 6.16. The summed E-state index contributed by atoms with van der Waals surface area (Å²) >= 11 is 0. The molecule has 1 unspecified atom stereocenters. The summed E-state index contributed by atoms with van der Waals surface area (Å²) in [6.07, 6.45) is 2.12. The van der Waals surface area contributed by atoms with Gasteiger partial charge in [-0.15, -0.1) is 0 Å². The first kappa shape index (κ1) is 20.0. The molecule has 0 heterocycles. The molecule has 0 aromatic heterocycles. The van der Waals surface area contributed by atoms with E-state index in [1.165, 1.54) is 27.8 Å². The zero-order valence-corrected chi connectivity index (χ0v) is 16.7. The second kappa shape index (κ2) is 9.42. The fourth-order valence-electron chi connectivity index (χ4n) is 2.98. The number of amides is 1. The SMILES string of the molecule is CCc1ccc(CC)c(CNC(=O)C(CC)Oc2ccc(C)c(C)c2)c1. The molecule has 2 aromatic rings. The van der Waals surface area contributed by atoms with E-state index in [4.69, 9.17) is 4.74 Å². The highest BCUT2D eigenvalue weighted by Gasteiger charge is 2.18. The van der Waals surface area contributed by atoms with E-state index >= 15 is 0 Å². The molecule has 140 valence electrons. The van der Waals surface area contributed by atoms with Crippen molar-refractivity contribution in [1.29, 1.82) is 0 Å². The van der Waals surface area contributed by atoms with Crippen LogP contribution in [0.25, 0.3) is 0 Å². The minimum absolute atomic E-state index is 0.0605. The Labute approximate surface area is 157 Å². The predicted molar refractivity (Wildman–Crippen MR) is 108 cm³/mol. The molecule has 0 bridgehead atoms. The Bertz CT molecular complexity index is 752. The van der Waals surface area contributed by atoms with Gasteiger partial charge in [-0.05, 0) is 73.1 Å². The Hall–Kier alpha value is -2.29. The first-order chi connectivity index (χ1) is 12.5. The quantitative estimate of drug-likeness (QED) is 0.733. The maximum absolute atomic E-state index is 12.6. The van der Waals surface area contributed by atoms with E-state index in [9.17, 15) is 4.79 Å². The predicted octanol–water partition coefficient (Wildman–Crippen LogP) is 4.90. The number of rotatable bonds is 8. The summed E-state index contributed by atoms with van der Waals surface area (Å²) in [5, 5.41) is 3.06. The van der Waals surface area contributed by atoms with Crippen molar-refractivity contribution < 1.29 is 9.53 Å². The fraction of sp³-hybridized carbons (Fsp3) is 0.435. The van der Waals surface area contributed by atoms with E-state index in [1.54, 1.807) is 0 Å². The molecule has 2 rings (SSSR count). The molecule has 0 saturated heterocycles. The number of benzene rings is 2. The smallest absolute Gasteiger partial charge is 0.261 e. The lowest BCUT2D eigenvalue weighted by molar-refractivity contribution is -0.128. The van der Waals surface area contributed by atoms with E-state index in [0.29, 0.717) is 13.0 Å². The molecule has 0 aliphatic heterocycles. The fourth-order valence-corrected chi connectivity index (χ4v) is 2.98. The van der Waals surface area contributed by atoms with Gasteiger partial charge in [0.15, 0.2) is 6.10 Å². The normalized spacial score (nSPS) is 11.9. The molecule has 0 aliphatic rings. The lowest BCUT2D eigenvalue weighted by atomic mass is 10.0. The third-order valence-electron chi connectivity index (χ3n) is 4.93. The van der Waals surface area contributed by atoms with Crippen LogP contribution in [0.3, 0.4) is 0 Å². The maximum atomic E-state index is 12.6. The molecule has 1 amide bonds. The van der Waals surface area contributed by atoms with Gasteiger partial charge in [0, 0.05) is 6.54 Å². The van der Waals surface area contributed by atoms with Crippen molar-refractivity contribution in [2.75, 3.05) is 0 Å². The summed E-state index contributed by atoms with van der Waals surface area (Å²) in [4.78, 5) is 12.6. The van der Waals surface area contributed by atoms with E-state index < -0.39 is 6.10 Å². The van der Waals surface area contributed by atoms with Gasteiger partial charge in [-0.3, -0.25) is 4.79 Å². The number of carbonyl (C=O) groups excluding carboxylic acids is 1. The second-order valence-corrected chi connectivity index (χ2v) is 6.79. The maximum Gasteiger partial charge on any atom is 0.261 e. The highest BCUT2D eigenvalue weighted by molar-refractivity contribution is 5.81. The highest BCUT2D eigenvalue weighted by atomic mass is 16.5. The minimum Gasteiger partial charge on any atom is -0.481 e. The summed E-state index contributed by atoms with van der Waals surface area (Å²) in [5.74, 6) is 0.687. The average Bonchev–Trinajstić information content (AvgIpc) is 2.66. The van der Waals surface area contributed by atoms with Crippen LogP contribution < -0.4 is 10.1 Å². The highest BCUT2D eigenvalue weighted by Crippen LogP contribution is 2.19. The Balaban J connectivity index is 2.04. The topological polar surface area (TPSA) is 38.3 Å². The van der Waals surface area contributed by atoms with Crippen LogP contribution in [0.4, 0.5) is 0 Å². The molecule has 3 heteroatoms. The number of carbonyl (C=O) groups is 1. The lowest BCUT2D eigenvalue weighted by Crippen LogP contribution is -2.37. The van der Waals surface area contributed by atoms with Crippen molar-refractivity contribution in [2.24, 2.45) is 0 Å². The Kier molecular flexibility index (Phi) is 7.26. The lowest BCUT2D eigenvalue weighted by Gasteiger charge is -2.19. The van der Waals surface area contributed by atoms with Crippen molar-refractivity contribution in [3.8, 4) is 5.75 Å². The number of aryl methyl sites for hydroxylation is 4. The van der Waals surface area contributed by atoms with Gasteiger partial charge in [-0.1, -0.05) is 45.0 Å². The summed E-state index contributed by atoms with van der Waals surface area (Å²) in [6, 6.07) is 12.5. The molecule has 0 radical (unpaired) electrons. The van der Waals surface area contributed by atoms with Gasteiger partial charge in [-0.25, -0.2) is 0 Å². The standard InChI is InChI=1S/C23H31NO2/c1-6-18-10-11-19(7-2)20(14-18)15-24-23(25)22(8-3)26-21-12-9-16(4)17(5)13-21/h9-14,22H,6-8,15H2,1-5H3,(H,24,25). The van der Waals surface area contributed by atoms with Crippen LogP contribution in [0.1, 0.15) is 55.0 Å². The Morgan fingerprint density at radius 2 is 1.73 bits per heavy atom. The number of nitrogens with one attached hydrogen (secondary N) is 1. The number of ether oxygens (including phenoxy) is 1. The molecule has 1 N–H and O–H groups in total. The van der Waals surface area contributed by atoms with Crippen molar-refractivity contribution in [2.45, 2.75) is 66.5 Å². The van der Waals surface area contributed by atoms with E-state index in [-0.39, 0.29) is 5.91 Å². The number of hydrogen-bond acceptors (Lipinski definition) is 2. The summed E-state index contributed by atoms with van der Waals surface area (Å²) in [7, 11) is 0. The van der Waals surface area contributed by atoms with E-state index in [1.807, 2.05) is 25.1 Å². The van der Waals surface area contributed by atoms with Gasteiger partial charge in [0.1, 0.15) is 5.75 Å². The zero-order chi connectivity index (χ0) is 19.1. The largest absolute Gasteiger partial charge is 0.481 e. The van der Waals surface area contributed by atoms with Crippen molar-refractivity contribution in [3.05, 3.63) is 64.2 Å². The van der Waals surface area contributed by atoms with Gasteiger partial charge in [-0.2, -0.15) is 0 Å². The van der Waals surface area contributed by atoms with E-state index in [0.717, 1.165) is 18.6 Å². The second-order valence-electron chi connectivity index (χ2n) is 6.79. The first-order valence-electron chi connectivity index (χ1n) is 9.60. The van der Waals surface area contributed by atoms with Crippen molar-refractivity contribution in [1.82, 2.24) is 5.32 Å². The molecule has 26 heavy (non-hydrogen) atoms. The average molecular weight is 354 g/mol. The van der Waals surface area contributed by atoms with E-state index in [2.05, 4.69) is 51.2 Å². The van der Waals surface area contributed by atoms with Gasteiger partial charge in [0.25, 0.3) is 5.91 Å². The zero-order valence-electron chi connectivity index (χ0n) is 16.7. The molecular formula is C23H31NO2. The molecule has 2 aromatic carbocycles. The number of hydrogen-bond donors (Lipinski definition) is 1. The molecule has 0 spiro atoms. The van der Waals surface area contributed by atoms with Gasteiger partial charge >= 0.3 is 0 Å². The third-order valence-corrected chi connectivity index (χ3v) is 4.93. The van der Waals surface area contributed by atoms with Crippen molar-refractivity contribution >= 4 is 5.91 Å². The molecule has 0 fully saturated rings. The molecule has 0 saturated carbocycles. The summed E-state index contributed by atoms with van der Waals surface area (Å²) < 4.78 is 5.94. The first-order valence-corrected chi connectivity index (χ1v) is 9.60. The molecular weight excluding hydrogens is 322 g/mol.